The predicted octanol–water partition coefficient (Wildman–Crippen LogP) is 3.56. The van der Waals surface area contributed by atoms with Crippen molar-refractivity contribution < 1.29 is 14.0 Å². The molecule has 152 valence electrons. The van der Waals surface area contributed by atoms with E-state index in [2.05, 4.69) is 17.1 Å². The number of nitrogens with zero attached hydrogens (tertiary/aromatic N) is 4. The molecule has 3 aromatic heterocycles. The van der Waals surface area contributed by atoms with E-state index in [4.69, 9.17) is 4.42 Å². The number of carbonyl (C=O) groups excluding carboxylic acids is 2. The number of hydrogen-bond acceptors (Lipinski definition) is 5. The van der Waals surface area contributed by atoms with Crippen molar-refractivity contribution in [1.82, 2.24) is 19.2 Å². The Balaban J connectivity index is 1.32. The van der Waals surface area contributed by atoms with E-state index in [1.807, 2.05) is 35.0 Å². The lowest BCUT2D eigenvalue weighted by atomic mass is 10.1. The van der Waals surface area contributed by atoms with Crippen LogP contribution in [-0.2, 0) is 0 Å². The maximum Gasteiger partial charge on any atom is 0.289 e. The van der Waals surface area contributed by atoms with Gasteiger partial charge in [0.25, 0.3) is 11.8 Å². The lowest BCUT2D eigenvalue weighted by Gasteiger charge is -2.34. The summed E-state index contributed by atoms with van der Waals surface area (Å²) in [7, 11) is 0. The van der Waals surface area contributed by atoms with Crippen molar-refractivity contribution in [3.8, 4) is 11.3 Å². The zero-order chi connectivity index (χ0) is 20.7. The Morgan fingerprint density at radius 2 is 1.70 bits per heavy atom. The Hall–Kier alpha value is -3.39. The van der Waals surface area contributed by atoms with Crippen molar-refractivity contribution in [2.75, 3.05) is 26.2 Å². The number of aromatic nitrogens is 2. The van der Waals surface area contributed by atoms with Crippen LogP contribution >= 0.6 is 11.3 Å². The number of thiazole rings is 1. The molecule has 1 saturated heterocycles. The summed E-state index contributed by atoms with van der Waals surface area (Å²) >= 11 is 1.46. The molecule has 1 aliphatic rings. The average molecular weight is 420 g/mol. The second-order valence-electron chi connectivity index (χ2n) is 7.33. The molecule has 8 heteroatoms. The normalized spacial score (nSPS) is 14.4. The number of fused-ring (bicyclic) bond motifs is 1. The lowest BCUT2D eigenvalue weighted by molar-refractivity contribution is 0.0515. The van der Waals surface area contributed by atoms with E-state index >= 15 is 0 Å². The van der Waals surface area contributed by atoms with Crippen molar-refractivity contribution in [3.05, 3.63) is 71.3 Å². The highest BCUT2D eigenvalue weighted by molar-refractivity contribution is 7.15. The summed E-state index contributed by atoms with van der Waals surface area (Å²) in [5, 5.41) is 1.85. The third-order valence-corrected chi connectivity index (χ3v) is 6.20. The first-order valence-corrected chi connectivity index (χ1v) is 10.6. The minimum absolute atomic E-state index is 0.0424. The quantitative estimate of drug-likeness (QED) is 0.508. The summed E-state index contributed by atoms with van der Waals surface area (Å²) in [6, 6.07) is 11.5. The molecule has 0 spiro atoms. The van der Waals surface area contributed by atoms with Crippen LogP contribution in [0.5, 0.6) is 0 Å². The predicted molar refractivity (Wildman–Crippen MR) is 114 cm³/mol. The standard InChI is InChI=1S/C22H20N4O3S/c1-15-4-6-16(7-5-15)17-13-26-18(14-30-22(26)23-17)20(27)24-8-10-25(11-9-24)21(28)19-3-2-12-29-19/h2-7,12-14H,8-11H2,1H3. The van der Waals surface area contributed by atoms with Crippen LogP contribution in [0.1, 0.15) is 26.6 Å². The van der Waals surface area contributed by atoms with E-state index in [0.29, 0.717) is 37.6 Å². The van der Waals surface area contributed by atoms with E-state index in [-0.39, 0.29) is 11.8 Å². The minimum Gasteiger partial charge on any atom is -0.459 e. The van der Waals surface area contributed by atoms with Crippen molar-refractivity contribution in [1.29, 1.82) is 0 Å². The molecular formula is C22H20N4O3S. The molecule has 7 nitrogen and oxygen atoms in total. The zero-order valence-electron chi connectivity index (χ0n) is 16.4. The highest BCUT2D eigenvalue weighted by Gasteiger charge is 2.28. The number of imidazole rings is 1. The molecule has 0 atom stereocenters. The first kappa shape index (κ1) is 18.6. The van der Waals surface area contributed by atoms with Crippen LogP contribution < -0.4 is 0 Å². The smallest absolute Gasteiger partial charge is 0.289 e. The van der Waals surface area contributed by atoms with Crippen molar-refractivity contribution in [3.63, 3.8) is 0 Å². The van der Waals surface area contributed by atoms with Gasteiger partial charge in [-0.3, -0.25) is 14.0 Å². The third-order valence-electron chi connectivity index (χ3n) is 5.36. The number of rotatable bonds is 3. The minimum atomic E-state index is -0.137. The SMILES string of the molecule is Cc1ccc(-c2cn3c(C(=O)N4CCN(C(=O)c5ccco5)CC4)csc3n2)cc1. The van der Waals surface area contributed by atoms with E-state index in [9.17, 15) is 9.59 Å². The van der Waals surface area contributed by atoms with E-state index < -0.39 is 0 Å². The molecular weight excluding hydrogens is 400 g/mol. The van der Waals surface area contributed by atoms with Crippen LogP contribution in [0, 0.1) is 6.92 Å². The molecule has 30 heavy (non-hydrogen) atoms. The zero-order valence-corrected chi connectivity index (χ0v) is 17.3. The van der Waals surface area contributed by atoms with Gasteiger partial charge in [-0.25, -0.2) is 4.98 Å². The summed E-state index contributed by atoms with van der Waals surface area (Å²) < 4.78 is 7.06. The molecule has 1 aromatic carbocycles. The van der Waals surface area contributed by atoms with Gasteiger partial charge in [-0.1, -0.05) is 29.8 Å². The largest absolute Gasteiger partial charge is 0.459 e. The molecule has 0 bridgehead atoms. The fourth-order valence-electron chi connectivity index (χ4n) is 3.63. The molecule has 0 N–H and O–H groups in total. The van der Waals surface area contributed by atoms with Crippen molar-refractivity contribution in [2.45, 2.75) is 6.92 Å². The van der Waals surface area contributed by atoms with E-state index in [0.717, 1.165) is 16.2 Å². The summed E-state index contributed by atoms with van der Waals surface area (Å²) in [5.74, 6) is 0.151. The third kappa shape index (κ3) is 3.29. The Labute approximate surface area is 177 Å². The van der Waals surface area contributed by atoms with Crippen molar-refractivity contribution >= 4 is 28.1 Å². The molecule has 2 amide bonds. The highest BCUT2D eigenvalue weighted by Crippen LogP contribution is 2.25. The van der Waals surface area contributed by atoms with Crippen LogP contribution in [0.4, 0.5) is 0 Å². The molecule has 1 aliphatic heterocycles. The molecule has 0 radical (unpaired) electrons. The fourth-order valence-corrected chi connectivity index (χ4v) is 4.48. The van der Waals surface area contributed by atoms with Crippen LogP contribution in [0.15, 0.2) is 58.7 Å². The number of carbonyl (C=O) groups is 2. The Morgan fingerprint density at radius 3 is 2.37 bits per heavy atom. The second kappa shape index (κ2) is 7.46. The molecule has 0 unspecified atom stereocenters. The van der Waals surface area contributed by atoms with E-state index in [1.165, 1.54) is 23.2 Å². The Morgan fingerprint density at radius 1 is 1.00 bits per heavy atom. The monoisotopic (exact) mass is 420 g/mol. The van der Waals surface area contributed by atoms with Crippen molar-refractivity contribution in [2.24, 2.45) is 0 Å². The number of aryl methyl sites for hydroxylation is 1. The van der Waals surface area contributed by atoms with Gasteiger partial charge in [0.05, 0.1) is 12.0 Å². The number of piperazine rings is 1. The van der Waals surface area contributed by atoms with Gasteiger partial charge in [0.1, 0.15) is 5.69 Å². The van der Waals surface area contributed by atoms with Gasteiger partial charge >= 0.3 is 0 Å². The number of hydrogen-bond donors (Lipinski definition) is 0. The molecule has 4 aromatic rings. The van der Waals surface area contributed by atoms with Gasteiger partial charge in [0.2, 0.25) is 0 Å². The summed E-state index contributed by atoms with van der Waals surface area (Å²) in [6.45, 7) is 3.99. The van der Waals surface area contributed by atoms with Crippen LogP contribution in [0.2, 0.25) is 0 Å². The molecule has 1 fully saturated rings. The van der Waals surface area contributed by atoms with Gasteiger partial charge in [0.15, 0.2) is 10.7 Å². The average Bonchev–Trinajstić information content (AvgIpc) is 3.51. The topological polar surface area (TPSA) is 71.1 Å². The maximum atomic E-state index is 13.1. The fraction of sp³-hybridized carbons (Fsp3) is 0.227. The van der Waals surface area contributed by atoms with Crippen LogP contribution in [0.3, 0.4) is 0 Å². The first-order chi connectivity index (χ1) is 14.6. The van der Waals surface area contributed by atoms with Gasteiger partial charge in [0, 0.05) is 43.3 Å². The Kier molecular flexibility index (Phi) is 4.63. The lowest BCUT2D eigenvalue weighted by Crippen LogP contribution is -2.50. The second-order valence-corrected chi connectivity index (χ2v) is 8.16. The first-order valence-electron chi connectivity index (χ1n) is 9.76. The molecule has 0 saturated carbocycles. The van der Waals surface area contributed by atoms with Gasteiger partial charge in [-0.15, -0.1) is 11.3 Å². The Bertz CT molecular complexity index is 1200. The van der Waals surface area contributed by atoms with E-state index in [1.54, 1.807) is 21.9 Å². The number of furan rings is 1. The maximum absolute atomic E-state index is 13.1. The summed E-state index contributed by atoms with van der Waals surface area (Å²) in [5.41, 5.74) is 3.68. The number of amides is 2. The molecule has 5 rings (SSSR count). The summed E-state index contributed by atoms with van der Waals surface area (Å²) in [6.07, 6.45) is 3.41. The molecule has 0 aliphatic carbocycles. The summed E-state index contributed by atoms with van der Waals surface area (Å²) in [4.78, 5) is 34.5. The van der Waals surface area contributed by atoms with Gasteiger partial charge < -0.3 is 14.2 Å². The number of benzene rings is 1. The van der Waals surface area contributed by atoms with Gasteiger partial charge in [-0.2, -0.15) is 0 Å². The van der Waals surface area contributed by atoms with Crippen LogP contribution in [0.25, 0.3) is 16.2 Å². The molecule has 4 heterocycles. The highest BCUT2D eigenvalue weighted by atomic mass is 32.1. The van der Waals surface area contributed by atoms with Crippen LogP contribution in [-0.4, -0.2) is 57.2 Å². The van der Waals surface area contributed by atoms with Gasteiger partial charge in [-0.05, 0) is 19.1 Å².